The molecule has 0 spiro atoms. The molecule has 4 heteroatoms. The summed E-state index contributed by atoms with van der Waals surface area (Å²) in [5.74, 6) is -0.596. The summed E-state index contributed by atoms with van der Waals surface area (Å²) in [6, 6.07) is 14.2. The van der Waals surface area contributed by atoms with Gasteiger partial charge in [-0.2, -0.15) is 0 Å². The standard InChI is InChI=1S/C17H12ClNO2/c1-10-6-2-5-9-13(10)19-15-14(18)16(20)11-7-3-4-8-12(11)17(15)21/h2-9,19H,1H3. The Morgan fingerprint density at radius 3 is 2.10 bits per heavy atom. The van der Waals surface area contributed by atoms with Gasteiger partial charge in [-0.15, -0.1) is 0 Å². The van der Waals surface area contributed by atoms with Crippen LogP contribution in [0.5, 0.6) is 0 Å². The van der Waals surface area contributed by atoms with Crippen LogP contribution in [-0.2, 0) is 0 Å². The molecule has 2 aromatic rings. The number of halogens is 1. The number of hydrogen-bond acceptors (Lipinski definition) is 3. The number of anilines is 1. The first-order valence-corrected chi connectivity index (χ1v) is 6.88. The predicted octanol–water partition coefficient (Wildman–Crippen LogP) is 3.94. The molecule has 0 aromatic heterocycles. The summed E-state index contributed by atoms with van der Waals surface area (Å²) in [5.41, 5.74) is 2.58. The number of ketones is 2. The van der Waals surface area contributed by atoms with Gasteiger partial charge in [0.05, 0.1) is 0 Å². The van der Waals surface area contributed by atoms with E-state index < -0.39 is 0 Å². The first-order valence-electron chi connectivity index (χ1n) is 6.50. The van der Waals surface area contributed by atoms with E-state index in [4.69, 9.17) is 11.6 Å². The van der Waals surface area contributed by atoms with E-state index in [0.717, 1.165) is 11.3 Å². The number of aryl methyl sites for hydroxylation is 1. The highest BCUT2D eigenvalue weighted by Gasteiger charge is 2.31. The van der Waals surface area contributed by atoms with Crippen molar-refractivity contribution < 1.29 is 9.59 Å². The Kier molecular flexibility index (Phi) is 3.35. The van der Waals surface area contributed by atoms with Crippen molar-refractivity contribution in [3.8, 4) is 0 Å². The monoisotopic (exact) mass is 297 g/mol. The fourth-order valence-corrected chi connectivity index (χ4v) is 2.54. The Morgan fingerprint density at radius 2 is 1.43 bits per heavy atom. The highest BCUT2D eigenvalue weighted by atomic mass is 35.5. The molecule has 0 aliphatic heterocycles. The molecule has 0 heterocycles. The first kappa shape index (κ1) is 13.6. The third kappa shape index (κ3) is 2.26. The van der Waals surface area contributed by atoms with E-state index in [-0.39, 0.29) is 22.3 Å². The molecule has 0 atom stereocenters. The number of Topliss-reactive ketones (excluding diaryl/α,β-unsaturated/α-hetero) is 2. The highest BCUT2D eigenvalue weighted by Crippen LogP contribution is 2.29. The van der Waals surface area contributed by atoms with Crippen molar-refractivity contribution in [2.45, 2.75) is 6.92 Å². The van der Waals surface area contributed by atoms with Crippen LogP contribution in [0, 0.1) is 6.92 Å². The van der Waals surface area contributed by atoms with E-state index in [1.165, 1.54) is 0 Å². The van der Waals surface area contributed by atoms with Crippen molar-refractivity contribution in [3.63, 3.8) is 0 Å². The zero-order valence-corrected chi connectivity index (χ0v) is 12.1. The average molecular weight is 298 g/mol. The molecule has 104 valence electrons. The minimum Gasteiger partial charge on any atom is -0.351 e. The maximum Gasteiger partial charge on any atom is 0.211 e. The Labute approximate surface area is 127 Å². The lowest BCUT2D eigenvalue weighted by atomic mass is 9.92. The van der Waals surface area contributed by atoms with Crippen LogP contribution < -0.4 is 5.32 Å². The maximum absolute atomic E-state index is 12.5. The van der Waals surface area contributed by atoms with Crippen molar-refractivity contribution in [1.29, 1.82) is 0 Å². The SMILES string of the molecule is Cc1ccccc1NC1=C(Cl)C(=O)c2ccccc2C1=O. The van der Waals surface area contributed by atoms with Gasteiger partial charge in [0.15, 0.2) is 0 Å². The molecule has 0 saturated carbocycles. The zero-order valence-electron chi connectivity index (χ0n) is 11.3. The number of rotatable bonds is 2. The largest absolute Gasteiger partial charge is 0.351 e. The number of carbonyl (C=O) groups excluding carboxylic acids is 2. The fraction of sp³-hybridized carbons (Fsp3) is 0.0588. The molecular formula is C17H12ClNO2. The van der Waals surface area contributed by atoms with Gasteiger partial charge in [0, 0.05) is 16.8 Å². The van der Waals surface area contributed by atoms with Gasteiger partial charge in [-0.3, -0.25) is 9.59 Å². The lowest BCUT2D eigenvalue weighted by molar-refractivity contribution is 0.0982. The molecule has 1 aliphatic rings. The lowest BCUT2D eigenvalue weighted by Gasteiger charge is -2.19. The minimum absolute atomic E-state index is 0.0676. The van der Waals surface area contributed by atoms with E-state index in [2.05, 4.69) is 5.32 Å². The average Bonchev–Trinajstić information content (AvgIpc) is 2.51. The van der Waals surface area contributed by atoms with Gasteiger partial charge in [0.1, 0.15) is 10.7 Å². The van der Waals surface area contributed by atoms with Gasteiger partial charge < -0.3 is 5.32 Å². The molecule has 21 heavy (non-hydrogen) atoms. The van der Waals surface area contributed by atoms with Crippen molar-refractivity contribution in [2.75, 3.05) is 5.32 Å². The van der Waals surface area contributed by atoms with Crippen LogP contribution in [0.4, 0.5) is 5.69 Å². The second kappa shape index (κ2) is 5.19. The number of para-hydroxylation sites is 1. The number of hydrogen-bond donors (Lipinski definition) is 1. The topological polar surface area (TPSA) is 46.2 Å². The third-order valence-corrected chi connectivity index (χ3v) is 3.83. The Morgan fingerprint density at radius 1 is 0.857 bits per heavy atom. The molecule has 0 bridgehead atoms. The molecule has 0 radical (unpaired) electrons. The number of carbonyl (C=O) groups is 2. The van der Waals surface area contributed by atoms with Gasteiger partial charge >= 0.3 is 0 Å². The van der Waals surface area contributed by atoms with Crippen LogP contribution >= 0.6 is 11.6 Å². The number of nitrogens with one attached hydrogen (secondary N) is 1. The molecule has 0 fully saturated rings. The van der Waals surface area contributed by atoms with Gasteiger partial charge in [0.2, 0.25) is 11.6 Å². The van der Waals surface area contributed by atoms with Gasteiger partial charge in [-0.25, -0.2) is 0 Å². The van der Waals surface area contributed by atoms with Crippen molar-refractivity contribution in [1.82, 2.24) is 0 Å². The Bertz CT molecular complexity index is 793. The Balaban J connectivity index is 2.07. The van der Waals surface area contributed by atoms with Crippen LogP contribution in [0.25, 0.3) is 0 Å². The van der Waals surface area contributed by atoms with E-state index in [0.29, 0.717) is 11.1 Å². The molecule has 2 aromatic carbocycles. The molecule has 0 unspecified atom stereocenters. The van der Waals surface area contributed by atoms with Crippen LogP contribution in [-0.4, -0.2) is 11.6 Å². The predicted molar refractivity (Wildman–Crippen MR) is 82.8 cm³/mol. The summed E-state index contributed by atoms with van der Waals surface area (Å²) >= 11 is 6.10. The lowest BCUT2D eigenvalue weighted by Crippen LogP contribution is -2.24. The Hall–Kier alpha value is -2.39. The third-order valence-electron chi connectivity index (χ3n) is 3.47. The first-order chi connectivity index (χ1) is 10.1. The van der Waals surface area contributed by atoms with Crippen molar-refractivity contribution in [3.05, 3.63) is 76.0 Å². The summed E-state index contributed by atoms with van der Waals surface area (Å²) < 4.78 is 0. The minimum atomic E-state index is -0.331. The summed E-state index contributed by atoms with van der Waals surface area (Å²) in [5, 5.41) is 2.93. The van der Waals surface area contributed by atoms with Crippen LogP contribution in [0.3, 0.4) is 0 Å². The maximum atomic E-state index is 12.5. The summed E-state index contributed by atoms with van der Waals surface area (Å²) in [6.45, 7) is 1.92. The second-order valence-corrected chi connectivity index (χ2v) is 5.21. The smallest absolute Gasteiger partial charge is 0.211 e. The normalized spacial score (nSPS) is 14.2. The van der Waals surface area contributed by atoms with E-state index in [1.54, 1.807) is 24.3 Å². The van der Waals surface area contributed by atoms with Crippen LogP contribution in [0.15, 0.2) is 59.3 Å². The van der Waals surface area contributed by atoms with Gasteiger partial charge in [-0.05, 0) is 18.6 Å². The second-order valence-electron chi connectivity index (χ2n) is 4.83. The molecule has 3 nitrogen and oxygen atoms in total. The summed E-state index contributed by atoms with van der Waals surface area (Å²) in [7, 11) is 0. The van der Waals surface area contributed by atoms with Crippen molar-refractivity contribution in [2.24, 2.45) is 0 Å². The quantitative estimate of drug-likeness (QED) is 0.913. The van der Waals surface area contributed by atoms with Gasteiger partial charge in [0.25, 0.3) is 0 Å². The number of fused-ring (bicyclic) bond motifs is 1. The van der Waals surface area contributed by atoms with E-state index >= 15 is 0 Å². The van der Waals surface area contributed by atoms with E-state index in [1.807, 2.05) is 31.2 Å². The number of benzene rings is 2. The summed E-state index contributed by atoms with van der Waals surface area (Å²) in [4.78, 5) is 24.8. The van der Waals surface area contributed by atoms with Crippen LogP contribution in [0.2, 0.25) is 0 Å². The molecule has 3 rings (SSSR count). The number of allylic oxidation sites excluding steroid dienone is 2. The fourth-order valence-electron chi connectivity index (χ4n) is 2.30. The summed E-state index contributed by atoms with van der Waals surface area (Å²) in [6.07, 6.45) is 0. The molecule has 0 saturated heterocycles. The van der Waals surface area contributed by atoms with Crippen molar-refractivity contribution >= 4 is 28.9 Å². The van der Waals surface area contributed by atoms with Crippen LogP contribution in [0.1, 0.15) is 26.3 Å². The van der Waals surface area contributed by atoms with Gasteiger partial charge in [-0.1, -0.05) is 54.1 Å². The zero-order chi connectivity index (χ0) is 15.0. The van der Waals surface area contributed by atoms with E-state index in [9.17, 15) is 9.59 Å². The molecular weight excluding hydrogens is 286 g/mol. The molecule has 1 N–H and O–H groups in total. The highest BCUT2D eigenvalue weighted by molar-refractivity contribution is 6.50. The molecule has 1 aliphatic carbocycles. The molecule has 0 amide bonds.